The van der Waals surface area contributed by atoms with E-state index in [1.807, 2.05) is 109 Å². The summed E-state index contributed by atoms with van der Waals surface area (Å²) in [6, 6.07) is 20.2. The number of carbonyl (C=O) groups is 2. The third-order valence-electron chi connectivity index (χ3n) is 13.4. The maximum absolute atomic E-state index is 12.6. The Morgan fingerprint density at radius 2 is 1.11 bits per heavy atom. The fourth-order valence-electron chi connectivity index (χ4n) is 9.04. The molecule has 0 radical (unpaired) electrons. The number of hydrogen-bond donors (Lipinski definition) is 1. The third-order valence-corrected chi connectivity index (χ3v) is 13.6. The summed E-state index contributed by atoms with van der Waals surface area (Å²) in [4.78, 5) is 58.6. The van der Waals surface area contributed by atoms with E-state index in [0.717, 1.165) is 70.0 Å². The van der Waals surface area contributed by atoms with Crippen LogP contribution in [0.2, 0.25) is 5.28 Å². The van der Waals surface area contributed by atoms with Gasteiger partial charge < -0.3 is 25.3 Å². The summed E-state index contributed by atoms with van der Waals surface area (Å²) in [5.41, 5.74) is 16.4. The van der Waals surface area contributed by atoms with Crippen LogP contribution in [-0.4, -0.2) is 124 Å². The molecule has 8 aromatic rings. The summed E-state index contributed by atoms with van der Waals surface area (Å²) in [5, 5.41) is 9.15. The van der Waals surface area contributed by atoms with E-state index in [2.05, 4.69) is 98.6 Å². The largest absolute Gasteiger partial charge is 0.384 e. The molecule has 0 bridgehead atoms. The van der Waals surface area contributed by atoms with Gasteiger partial charge in [-0.25, -0.2) is 34.0 Å². The van der Waals surface area contributed by atoms with Crippen LogP contribution in [0.3, 0.4) is 0 Å². The zero-order valence-electron chi connectivity index (χ0n) is 43.5. The normalized spacial score (nSPS) is 16.5. The quantitative estimate of drug-likeness (QED) is 0.143. The van der Waals surface area contributed by atoms with Crippen molar-refractivity contribution >= 4 is 51.6 Å². The molecular formula is C55H66ClN15O2. The Morgan fingerprint density at radius 1 is 0.616 bits per heavy atom. The summed E-state index contributed by atoms with van der Waals surface area (Å²) >= 11 is 5.86. The number of anilines is 3. The minimum absolute atomic E-state index is 0.00189. The molecule has 0 aliphatic carbocycles. The summed E-state index contributed by atoms with van der Waals surface area (Å²) < 4.78 is 3.79. The highest BCUT2D eigenvalue weighted by atomic mass is 35.5. The maximum atomic E-state index is 12.6. The molecule has 2 atom stereocenters. The Hall–Kier alpha value is -7.21. The smallest absolute Gasteiger partial charge is 0.228 e. The molecule has 10 rings (SSSR count). The Balaban J connectivity index is 0.000000162. The summed E-state index contributed by atoms with van der Waals surface area (Å²) in [6.45, 7) is 14.6. The summed E-state index contributed by atoms with van der Waals surface area (Å²) in [6.07, 6.45) is 18.3. The van der Waals surface area contributed by atoms with Gasteiger partial charge in [-0.3, -0.25) is 14.6 Å². The predicted molar refractivity (Wildman–Crippen MR) is 289 cm³/mol. The number of hydrogen-bond acceptors (Lipinski definition) is 13. The highest BCUT2D eigenvalue weighted by Gasteiger charge is 2.29. The average Bonchev–Trinajstić information content (AvgIpc) is 4.00. The van der Waals surface area contributed by atoms with Crippen LogP contribution in [0.25, 0.3) is 33.5 Å². The van der Waals surface area contributed by atoms with Crippen molar-refractivity contribution < 1.29 is 9.59 Å². The number of nitrogens with two attached hydrogens (primary N) is 1. The van der Waals surface area contributed by atoms with Gasteiger partial charge in [0.05, 0.1) is 65.0 Å². The second-order valence-electron chi connectivity index (χ2n) is 21.1. The molecule has 8 aromatic heterocycles. The first-order chi connectivity index (χ1) is 34.7. The van der Waals surface area contributed by atoms with Gasteiger partial charge in [-0.05, 0) is 124 Å². The van der Waals surface area contributed by atoms with Gasteiger partial charge in [0, 0.05) is 90.7 Å². The van der Waals surface area contributed by atoms with Crippen LogP contribution in [0.15, 0.2) is 110 Å². The predicted octanol–water partition coefficient (Wildman–Crippen LogP) is 8.59. The molecule has 2 amide bonds. The molecule has 2 N–H and O–H groups in total. The number of nitrogens with zero attached hydrogens (tertiary/aromatic N) is 14. The molecule has 2 fully saturated rings. The highest BCUT2D eigenvalue weighted by molar-refractivity contribution is 6.28. The first-order valence-corrected chi connectivity index (χ1v) is 25.0. The zero-order valence-corrected chi connectivity index (χ0v) is 44.3. The Morgan fingerprint density at radius 3 is 1.55 bits per heavy atom. The van der Waals surface area contributed by atoms with Crippen molar-refractivity contribution in [2.24, 2.45) is 0 Å². The number of piperidine rings is 2. The molecule has 0 aromatic carbocycles. The molecule has 17 nitrogen and oxygen atoms in total. The molecule has 2 aliphatic rings. The van der Waals surface area contributed by atoms with E-state index in [1.165, 1.54) is 11.1 Å². The van der Waals surface area contributed by atoms with Gasteiger partial charge in [0.1, 0.15) is 11.6 Å². The molecule has 10 heterocycles. The van der Waals surface area contributed by atoms with Crippen molar-refractivity contribution in [1.82, 2.24) is 58.9 Å². The first kappa shape index (κ1) is 52.1. The lowest BCUT2D eigenvalue weighted by atomic mass is 9.88. The number of halogens is 1. The molecule has 2 saturated heterocycles. The second kappa shape index (κ2) is 21.9. The fraction of sp³-hybridized carbons (Fsp3) is 0.382. The van der Waals surface area contributed by atoms with E-state index in [-0.39, 0.29) is 27.9 Å². The van der Waals surface area contributed by atoms with Crippen molar-refractivity contribution in [3.63, 3.8) is 0 Å². The average molecular weight is 1000 g/mol. The van der Waals surface area contributed by atoms with E-state index in [1.54, 1.807) is 35.8 Å². The number of amides is 2. The van der Waals surface area contributed by atoms with Gasteiger partial charge >= 0.3 is 0 Å². The summed E-state index contributed by atoms with van der Waals surface area (Å²) in [5.74, 6) is 1.49. The molecule has 0 saturated carbocycles. The van der Waals surface area contributed by atoms with E-state index >= 15 is 0 Å². The van der Waals surface area contributed by atoms with Gasteiger partial charge in [-0.1, -0.05) is 41.5 Å². The van der Waals surface area contributed by atoms with Gasteiger partial charge in [0.2, 0.25) is 17.1 Å². The molecule has 2 unspecified atom stereocenters. The van der Waals surface area contributed by atoms with Gasteiger partial charge in [-0.15, -0.1) is 0 Å². The number of rotatable bonds is 8. The molecule has 18 heteroatoms. The third kappa shape index (κ3) is 12.5. The first-order valence-electron chi connectivity index (χ1n) is 24.6. The monoisotopic (exact) mass is 1000 g/mol. The Bertz CT molecular complexity index is 3190. The van der Waals surface area contributed by atoms with Crippen LogP contribution in [0.4, 0.5) is 17.2 Å². The number of carbonyl (C=O) groups excluding carboxylic acids is 2. The number of fused-ring (bicyclic) bond motifs is 2. The summed E-state index contributed by atoms with van der Waals surface area (Å²) in [7, 11) is 8.08. The number of aromatic nitrogens is 10. The lowest BCUT2D eigenvalue weighted by Gasteiger charge is -2.34. The number of nitrogen functional groups attached to an aromatic ring is 1. The molecule has 73 heavy (non-hydrogen) atoms. The van der Waals surface area contributed by atoms with Crippen molar-refractivity contribution in [2.75, 3.05) is 56.8 Å². The van der Waals surface area contributed by atoms with Crippen molar-refractivity contribution in [2.45, 2.75) is 96.6 Å². The molecule has 2 aliphatic heterocycles. The van der Waals surface area contributed by atoms with Gasteiger partial charge in [0.15, 0.2) is 0 Å². The van der Waals surface area contributed by atoms with Crippen LogP contribution in [0, 0.1) is 0 Å². The second-order valence-corrected chi connectivity index (χ2v) is 21.5. The standard InChI is InChI=1S/C28H33N7O.C15H15ClN4.C12H18N4O/c1-28(2,3)23-18-31-35-13-9-19(14-25(23)35)24-8-11-29-26(32-24)15-20-6-7-22(17-30-20)34-12-10-21(33(4)5)16-27(34)36;1-15(2,3)11-9-18-20-7-5-10(8-13(11)20)12-4-6-17-14(16)19-12;1-15(2)9-5-6-16(12(17)7-9)10-3-4-11(13)14-8-10/h6-9,11,13-14,17-18,21H,10,12,15-16H2,1-5H3;4-9H,1-3H3;3-4,8-9H,5-7H2,1-2H3,(H2,13,14). The SMILES string of the molecule is CC(C)(C)c1cnn2ccc(-c3ccnc(Cl)n3)cc12.CN(C)C1CCN(c2ccc(Cc3nccc(-c4ccn5ncc(C(C)(C)C)c5c4)n3)nc2)C(=O)C1.CN(C)C1CCN(c2ccc(N)nc2)C(=O)C1. The van der Waals surface area contributed by atoms with Crippen LogP contribution >= 0.6 is 11.6 Å². The van der Waals surface area contributed by atoms with Crippen molar-refractivity contribution in [3.8, 4) is 22.5 Å². The molecular weight excluding hydrogens is 938 g/mol. The van der Waals surface area contributed by atoms with Crippen molar-refractivity contribution in [3.05, 3.63) is 138 Å². The number of pyridine rings is 4. The van der Waals surface area contributed by atoms with Crippen LogP contribution in [0.5, 0.6) is 0 Å². The van der Waals surface area contributed by atoms with Gasteiger partial charge in [-0.2, -0.15) is 10.2 Å². The van der Waals surface area contributed by atoms with E-state index in [4.69, 9.17) is 22.3 Å². The minimum atomic E-state index is 0.00189. The Labute approximate surface area is 432 Å². The van der Waals surface area contributed by atoms with E-state index in [9.17, 15) is 9.59 Å². The fourth-order valence-corrected chi connectivity index (χ4v) is 9.18. The maximum Gasteiger partial charge on any atom is 0.228 e. The molecule has 380 valence electrons. The highest BCUT2D eigenvalue weighted by Crippen LogP contribution is 2.31. The minimum Gasteiger partial charge on any atom is -0.384 e. The lowest BCUT2D eigenvalue weighted by Crippen LogP contribution is -2.45. The molecule has 0 spiro atoms. The lowest BCUT2D eigenvalue weighted by molar-refractivity contribution is -0.121. The van der Waals surface area contributed by atoms with Crippen LogP contribution in [0.1, 0.15) is 89.9 Å². The van der Waals surface area contributed by atoms with E-state index < -0.39 is 0 Å². The van der Waals surface area contributed by atoms with Crippen LogP contribution < -0.4 is 15.5 Å². The van der Waals surface area contributed by atoms with Gasteiger partial charge in [0.25, 0.3) is 0 Å². The van der Waals surface area contributed by atoms with Crippen molar-refractivity contribution in [1.29, 1.82) is 0 Å². The van der Waals surface area contributed by atoms with Crippen LogP contribution in [-0.2, 0) is 26.8 Å². The topological polar surface area (TPSA) is 185 Å². The van der Waals surface area contributed by atoms with E-state index in [0.29, 0.717) is 49.5 Å². The zero-order chi connectivity index (χ0) is 52.2. The Kier molecular flexibility index (Phi) is 15.6.